The van der Waals surface area contributed by atoms with Gasteiger partial charge in [-0.15, -0.1) is 0 Å². The molecule has 5 nitrogen and oxygen atoms in total. The molecule has 26 heavy (non-hydrogen) atoms. The van der Waals surface area contributed by atoms with Crippen molar-refractivity contribution in [2.24, 2.45) is 0 Å². The van der Waals surface area contributed by atoms with Crippen LogP contribution >= 0.6 is 0 Å². The zero-order valence-corrected chi connectivity index (χ0v) is 15.4. The standard InChI is InChI=1S/C21H25NO4/c1-21(2,3)26-20(25)22-14-18(13-19(23)24)17-11-7-10-16(12-17)15-8-5-4-6-9-15/h4-12,18H,13-14H2,1-3H3,(H,22,25)(H,23,24). The Kier molecular flexibility index (Phi) is 6.39. The predicted molar refractivity (Wildman–Crippen MR) is 101 cm³/mol. The number of hydrogen-bond donors (Lipinski definition) is 2. The number of aliphatic carboxylic acids is 1. The number of hydrogen-bond acceptors (Lipinski definition) is 3. The zero-order chi connectivity index (χ0) is 19.2. The van der Waals surface area contributed by atoms with Gasteiger partial charge in [-0.05, 0) is 37.5 Å². The first-order chi connectivity index (χ1) is 12.2. The summed E-state index contributed by atoms with van der Waals surface area (Å²) in [6.45, 7) is 5.54. The van der Waals surface area contributed by atoms with Crippen molar-refractivity contribution in [2.75, 3.05) is 6.54 Å². The average Bonchev–Trinajstić information content (AvgIpc) is 2.58. The number of carboxylic acids is 1. The van der Waals surface area contributed by atoms with Crippen LogP contribution in [0.15, 0.2) is 54.6 Å². The summed E-state index contributed by atoms with van der Waals surface area (Å²) >= 11 is 0. The van der Waals surface area contributed by atoms with Crippen molar-refractivity contribution in [2.45, 2.75) is 38.7 Å². The number of alkyl carbamates (subject to hydrolysis) is 1. The fourth-order valence-corrected chi connectivity index (χ4v) is 2.64. The van der Waals surface area contributed by atoms with Crippen LogP contribution in [0.25, 0.3) is 11.1 Å². The van der Waals surface area contributed by atoms with Crippen LogP contribution in [-0.2, 0) is 9.53 Å². The number of rotatable bonds is 6. The summed E-state index contributed by atoms with van der Waals surface area (Å²) in [6, 6.07) is 17.6. The smallest absolute Gasteiger partial charge is 0.407 e. The molecule has 5 heteroatoms. The van der Waals surface area contributed by atoms with E-state index in [1.54, 1.807) is 20.8 Å². The van der Waals surface area contributed by atoms with Crippen LogP contribution in [0.4, 0.5) is 4.79 Å². The first-order valence-electron chi connectivity index (χ1n) is 8.58. The maximum Gasteiger partial charge on any atom is 0.407 e. The third kappa shape index (κ3) is 6.24. The lowest BCUT2D eigenvalue weighted by Gasteiger charge is -2.22. The second-order valence-electron chi connectivity index (χ2n) is 7.17. The molecule has 0 bridgehead atoms. The molecule has 2 N–H and O–H groups in total. The highest BCUT2D eigenvalue weighted by molar-refractivity contribution is 5.70. The Morgan fingerprint density at radius 2 is 1.69 bits per heavy atom. The van der Waals surface area contributed by atoms with Gasteiger partial charge in [0.1, 0.15) is 5.60 Å². The van der Waals surface area contributed by atoms with E-state index in [-0.39, 0.29) is 18.9 Å². The van der Waals surface area contributed by atoms with Crippen LogP contribution in [0, 0.1) is 0 Å². The summed E-state index contributed by atoms with van der Waals surface area (Å²) in [4.78, 5) is 23.2. The maximum atomic E-state index is 11.9. The predicted octanol–water partition coefficient (Wildman–Crippen LogP) is 4.44. The Morgan fingerprint density at radius 1 is 1.04 bits per heavy atom. The number of nitrogens with one attached hydrogen (secondary N) is 1. The van der Waals surface area contributed by atoms with E-state index < -0.39 is 17.7 Å². The van der Waals surface area contributed by atoms with Gasteiger partial charge in [0, 0.05) is 12.5 Å². The van der Waals surface area contributed by atoms with Crippen LogP contribution in [0.2, 0.25) is 0 Å². The molecule has 2 aromatic rings. The fraction of sp³-hybridized carbons (Fsp3) is 0.333. The minimum atomic E-state index is -0.911. The number of carbonyl (C=O) groups is 2. The molecular formula is C21H25NO4. The van der Waals surface area contributed by atoms with Gasteiger partial charge < -0.3 is 15.2 Å². The van der Waals surface area contributed by atoms with E-state index in [0.717, 1.165) is 16.7 Å². The minimum Gasteiger partial charge on any atom is -0.481 e. The molecule has 0 aliphatic rings. The normalized spacial score (nSPS) is 12.3. The first-order valence-corrected chi connectivity index (χ1v) is 8.58. The number of benzene rings is 2. The van der Waals surface area contributed by atoms with Gasteiger partial charge >= 0.3 is 12.1 Å². The van der Waals surface area contributed by atoms with E-state index in [4.69, 9.17) is 4.74 Å². The summed E-state index contributed by atoms with van der Waals surface area (Å²) in [5, 5.41) is 11.9. The summed E-state index contributed by atoms with van der Waals surface area (Å²) in [5.41, 5.74) is 2.34. The van der Waals surface area contributed by atoms with Gasteiger partial charge in [-0.2, -0.15) is 0 Å². The van der Waals surface area contributed by atoms with Crippen molar-refractivity contribution in [3.05, 3.63) is 60.2 Å². The van der Waals surface area contributed by atoms with Gasteiger partial charge in [-0.25, -0.2) is 4.79 Å². The third-order valence-electron chi connectivity index (χ3n) is 3.78. The molecule has 138 valence electrons. The molecule has 1 amide bonds. The number of amides is 1. The molecular weight excluding hydrogens is 330 g/mol. The Labute approximate surface area is 154 Å². The molecule has 0 aliphatic carbocycles. The van der Waals surface area contributed by atoms with Crippen LogP contribution in [0.3, 0.4) is 0 Å². The van der Waals surface area contributed by atoms with E-state index in [1.165, 1.54) is 0 Å². The molecule has 0 aromatic heterocycles. The molecule has 2 rings (SSSR count). The summed E-state index contributed by atoms with van der Waals surface area (Å²) in [7, 11) is 0. The topological polar surface area (TPSA) is 75.6 Å². The van der Waals surface area contributed by atoms with Gasteiger partial charge in [0.15, 0.2) is 0 Å². The monoisotopic (exact) mass is 355 g/mol. The largest absolute Gasteiger partial charge is 0.481 e. The number of carbonyl (C=O) groups excluding carboxylic acids is 1. The number of ether oxygens (including phenoxy) is 1. The van der Waals surface area contributed by atoms with Gasteiger partial charge in [-0.3, -0.25) is 4.79 Å². The molecule has 2 aromatic carbocycles. The van der Waals surface area contributed by atoms with Gasteiger partial charge in [0.2, 0.25) is 0 Å². The van der Waals surface area contributed by atoms with Gasteiger partial charge in [0.05, 0.1) is 6.42 Å². The first kappa shape index (κ1) is 19.5. The molecule has 0 saturated heterocycles. The Morgan fingerprint density at radius 3 is 2.31 bits per heavy atom. The molecule has 1 unspecified atom stereocenters. The Bertz CT molecular complexity index is 750. The SMILES string of the molecule is CC(C)(C)OC(=O)NCC(CC(=O)O)c1cccc(-c2ccccc2)c1. The van der Waals surface area contributed by atoms with Crippen molar-refractivity contribution >= 4 is 12.1 Å². The van der Waals surface area contributed by atoms with E-state index >= 15 is 0 Å². The molecule has 0 saturated carbocycles. The van der Waals surface area contributed by atoms with Gasteiger partial charge in [-0.1, -0.05) is 54.6 Å². The Balaban J connectivity index is 2.16. The molecule has 0 spiro atoms. The molecule has 0 heterocycles. The van der Waals surface area contributed by atoms with E-state index in [1.807, 2.05) is 54.6 Å². The lowest BCUT2D eigenvalue weighted by molar-refractivity contribution is -0.137. The number of carboxylic acid groups (broad SMARTS) is 1. The molecule has 1 atom stereocenters. The minimum absolute atomic E-state index is 0.0754. The van der Waals surface area contributed by atoms with Crippen molar-refractivity contribution in [1.82, 2.24) is 5.32 Å². The lowest BCUT2D eigenvalue weighted by Crippen LogP contribution is -2.35. The van der Waals surface area contributed by atoms with Gasteiger partial charge in [0.25, 0.3) is 0 Å². The zero-order valence-electron chi connectivity index (χ0n) is 15.4. The summed E-state index contributed by atoms with van der Waals surface area (Å²) < 4.78 is 5.22. The maximum absolute atomic E-state index is 11.9. The Hall–Kier alpha value is -2.82. The van der Waals surface area contributed by atoms with Crippen LogP contribution < -0.4 is 5.32 Å². The molecule has 0 aliphatic heterocycles. The van der Waals surface area contributed by atoms with Crippen molar-refractivity contribution in [3.8, 4) is 11.1 Å². The van der Waals surface area contributed by atoms with Crippen LogP contribution in [0.5, 0.6) is 0 Å². The summed E-state index contributed by atoms with van der Waals surface area (Å²) in [6.07, 6.45) is -0.624. The van der Waals surface area contributed by atoms with E-state index in [9.17, 15) is 14.7 Å². The molecule has 0 fully saturated rings. The summed E-state index contributed by atoms with van der Waals surface area (Å²) in [5.74, 6) is -1.25. The second-order valence-corrected chi connectivity index (χ2v) is 7.17. The fourth-order valence-electron chi connectivity index (χ4n) is 2.64. The van der Waals surface area contributed by atoms with Crippen molar-refractivity contribution < 1.29 is 19.4 Å². The average molecular weight is 355 g/mol. The van der Waals surface area contributed by atoms with E-state index in [0.29, 0.717) is 0 Å². The lowest BCUT2D eigenvalue weighted by atomic mass is 9.92. The van der Waals surface area contributed by atoms with E-state index in [2.05, 4.69) is 5.32 Å². The highest BCUT2D eigenvalue weighted by Crippen LogP contribution is 2.26. The molecule has 0 radical (unpaired) electrons. The third-order valence-corrected chi connectivity index (χ3v) is 3.78. The van der Waals surface area contributed by atoms with Crippen molar-refractivity contribution in [3.63, 3.8) is 0 Å². The highest BCUT2D eigenvalue weighted by Gasteiger charge is 2.20. The van der Waals surface area contributed by atoms with Crippen molar-refractivity contribution in [1.29, 1.82) is 0 Å². The van der Waals surface area contributed by atoms with Crippen LogP contribution in [0.1, 0.15) is 38.7 Å². The van der Waals surface area contributed by atoms with Crippen LogP contribution in [-0.4, -0.2) is 29.3 Å². The quantitative estimate of drug-likeness (QED) is 0.803. The highest BCUT2D eigenvalue weighted by atomic mass is 16.6. The second kappa shape index (κ2) is 8.52.